The van der Waals surface area contributed by atoms with Crippen molar-refractivity contribution in [2.45, 2.75) is 100 Å². The number of likely N-dealkylation sites (tertiary alicyclic amines) is 1. The van der Waals surface area contributed by atoms with Crippen LogP contribution in [-0.2, 0) is 82.8 Å². The molecule has 5 saturated heterocycles. The largest absolute Gasteiger partial charge is 0.492 e. The van der Waals surface area contributed by atoms with Crippen LogP contribution in [0, 0.1) is 0 Å². The van der Waals surface area contributed by atoms with E-state index in [2.05, 4.69) is 10.6 Å². The van der Waals surface area contributed by atoms with Crippen LogP contribution in [-0.4, -0.2) is 257 Å². The summed E-state index contributed by atoms with van der Waals surface area (Å²) in [6.07, 6.45) is -8.52. The highest BCUT2D eigenvalue weighted by molar-refractivity contribution is 8.01. The first-order valence-corrected chi connectivity index (χ1v) is 25.9. The van der Waals surface area contributed by atoms with E-state index in [1.165, 1.54) is 47.4 Å². The normalized spacial score (nSPS) is 27.2. The molecule has 1 aromatic carbocycles. The molecule has 29 heteroatoms. The highest BCUT2D eigenvalue weighted by atomic mass is 32.2. The van der Waals surface area contributed by atoms with Crippen LogP contribution < -0.4 is 15.4 Å². The number of thioether (sulfide) groups is 1. The first-order chi connectivity index (χ1) is 36.8. The molecule has 0 spiro atoms. The smallest absolute Gasteiger partial charge is 0.340 e. The quantitative estimate of drug-likeness (QED) is 0.0330. The highest BCUT2D eigenvalue weighted by Gasteiger charge is 2.51. The first kappa shape index (κ1) is 58.8. The third-order valence-corrected chi connectivity index (χ3v) is 14.5. The van der Waals surface area contributed by atoms with E-state index >= 15 is 0 Å². The van der Waals surface area contributed by atoms with Crippen LogP contribution in [0.25, 0.3) is 10.9 Å². The number of fused-ring (bicyclic) bond motifs is 3. The first-order valence-electron chi connectivity index (χ1n) is 24.9. The minimum Gasteiger partial charge on any atom is -0.492 e. The zero-order chi connectivity index (χ0) is 55.5. The summed E-state index contributed by atoms with van der Waals surface area (Å²) in [5, 5.41) is 47.5. The van der Waals surface area contributed by atoms with Gasteiger partial charge < -0.3 is 88.1 Å². The van der Waals surface area contributed by atoms with Crippen LogP contribution in [0.4, 0.5) is 0 Å². The van der Waals surface area contributed by atoms with Crippen molar-refractivity contribution in [2.24, 2.45) is 0 Å². The maximum atomic E-state index is 13.6. The molecular formula is C48H64N6O22S. The molecule has 5 fully saturated rings. The third-order valence-electron chi connectivity index (χ3n) is 13.2. The number of aliphatic hydroxyl groups is 4. The molecule has 7 rings (SSSR count). The maximum Gasteiger partial charge on any atom is 0.340 e. The number of nitrogens with zero attached hydrogens (tertiary/aromatic N) is 4. The number of amides is 6. The van der Waals surface area contributed by atoms with Gasteiger partial charge in [-0.05, 0) is 25.1 Å². The number of hydrogen-bond acceptors (Lipinski definition) is 23. The maximum absolute atomic E-state index is 13.6. The van der Waals surface area contributed by atoms with E-state index in [0.717, 1.165) is 16.7 Å². The summed E-state index contributed by atoms with van der Waals surface area (Å²) in [5.74, 6) is -4.08. The molecule has 5 aliphatic rings. The van der Waals surface area contributed by atoms with Crippen LogP contribution in [0.1, 0.15) is 37.6 Å². The number of ketones is 1. The van der Waals surface area contributed by atoms with Crippen molar-refractivity contribution < 1.29 is 106 Å². The number of aromatic nitrogens is 1. The number of esters is 2. The summed E-state index contributed by atoms with van der Waals surface area (Å²) in [6.45, 7) is 1.81. The fraction of sp³-hybridized carbons (Fsp3) is 0.646. The average molecular weight is 1110 g/mol. The Labute approximate surface area is 444 Å². The van der Waals surface area contributed by atoms with Crippen LogP contribution in [0.3, 0.4) is 0 Å². The van der Waals surface area contributed by atoms with Crippen molar-refractivity contribution >= 4 is 75.8 Å². The second kappa shape index (κ2) is 27.1. The molecule has 424 valence electrons. The molecule has 1 aromatic heterocycles. The Morgan fingerprint density at radius 1 is 0.727 bits per heavy atom. The highest BCUT2D eigenvalue weighted by Crippen LogP contribution is 2.32. The Hall–Kier alpha value is -5.86. The topological polar surface area (TPSA) is 356 Å². The van der Waals surface area contributed by atoms with Gasteiger partial charge in [0.05, 0.1) is 49.5 Å². The summed E-state index contributed by atoms with van der Waals surface area (Å²) in [5.41, 5.74) is 0.370. The number of hydrogen-bond donors (Lipinski definition) is 6. The third kappa shape index (κ3) is 14.8. The van der Waals surface area contributed by atoms with E-state index in [9.17, 15) is 63.6 Å². The molecule has 6 N–H and O–H groups in total. The van der Waals surface area contributed by atoms with Crippen LogP contribution in [0.5, 0.6) is 5.75 Å². The van der Waals surface area contributed by atoms with Crippen molar-refractivity contribution in [3.8, 4) is 5.75 Å². The Morgan fingerprint density at radius 3 is 1.83 bits per heavy atom. The van der Waals surface area contributed by atoms with E-state index in [4.69, 9.17) is 42.6 Å². The van der Waals surface area contributed by atoms with Crippen LogP contribution in [0.15, 0.2) is 24.4 Å². The van der Waals surface area contributed by atoms with Gasteiger partial charge in [0.25, 0.3) is 0 Å². The molecule has 0 radical (unpaired) electrons. The van der Waals surface area contributed by atoms with Gasteiger partial charge in [0.15, 0.2) is 12.6 Å². The van der Waals surface area contributed by atoms with Gasteiger partial charge in [-0.2, -0.15) is 0 Å². The number of nitrogens with one attached hydrogen (secondary N) is 2. The number of ether oxygens (including phenoxy) is 9. The van der Waals surface area contributed by atoms with E-state index in [0.29, 0.717) is 5.52 Å². The number of benzene rings is 1. The van der Waals surface area contributed by atoms with Crippen molar-refractivity contribution in [1.82, 2.24) is 29.9 Å². The van der Waals surface area contributed by atoms with E-state index in [1.807, 2.05) is 0 Å². The summed E-state index contributed by atoms with van der Waals surface area (Å²) in [6, 6.07) is 2.78. The number of Topliss-reactive ketones (excluding diaryl/α,β-unsaturated/α-hetero) is 1. The second-order valence-corrected chi connectivity index (χ2v) is 19.7. The second-order valence-electron chi connectivity index (χ2n) is 18.6. The number of rotatable bonds is 24. The predicted molar refractivity (Wildman–Crippen MR) is 260 cm³/mol. The lowest BCUT2D eigenvalue weighted by atomic mass is 9.94. The van der Waals surface area contributed by atoms with E-state index < -0.39 is 122 Å². The van der Waals surface area contributed by atoms with Crippen LogP contribution >= 0.6 is 11.8 Å². The minimum absolute atomic E-state index is 0.00539. The fourth-order valence-corrected chi connectivity index (χ4v) is 10.3. The SMILES string of the molecule is CC(=O)CSC1CC(=O)N(CCOc2ccc3c(c2)c(C(=O)OCCOCC(=O)NCC2O[C@@H]4OCCN(C(C)=O)[C@@H]4[C@@H](O)[C@H]2O)cn3CC(=O)OCCOCC(=O)NCC2O[C@@H]3OCCN(C(C)=O)[C@@H]3[C@@H](O)[C@H]2O)C1=O. The lowest BCUT2D eigenvalue weighted by Gasteiger charge is -2.49. The Kier molecular flexibility index (Phi) is 20.7. The minimum atomic E-state index is -1.45. The number of carbonyl (C=O) groups is 9. The van der Waals surface area contributed by atoms with Gasteiger partial charge in [0.1, 0.15) is 99.8 Å². The van der Waals surface area contributed by atoms with Gasteiger partial charge in [-0.1, -0.05) is 0 Å². The molecule has 11 atom stereocenters. The number of aliphatic hydroxyl groups excluding tert-OH is 4. The molecular weight excluding hydrogens is 1040 g/mol. The Bertz CT molecular complexity index is 2490. The summed E-state index contributed by atoms with van der Waals surface area (Å²) < 4.78 is 51.5. The molecule has 0 bridgehead atoms. The molecule has 0 aliphatic carbocycles. The summed E-state index contributed by atoms with van der Waals surface area (Å²) in [7, 11) is 0. The number of morpholine rings is 2. The molecule has 0 saturated carbocycles. The Morgan fingerprint density at radius 2 is 1.29 bits per heavy atom. The molecule has 3 unspecified atom stereocenters. The zero-order valence-corrected chi connectivity index (χ0v) is 43.3. The van der Waals surface area contributed by atoms with E-state index in [-0.39, 0.29) is 125 Å². The van der Waals surface area contributed by atoms with Crippen molar-refractivity contribution in [3.05, 3.63) is 30.0 Å². The van der Waals surface area contributed by atoms with Crippen molar-refractivity contribution in [1.29, 1.82) is 0 Å². The van der Waals surface area contributed by atoms with Gasteiger partial charge in [-0.15, -0.1) is 11.8 Å². The average Bonchev–Trinajstić information content (AvgIpc) is 3.96. The van der Waals surface area contributed by atoms with Gasteiger partial charge in [-0.25, -0.2) is 4.79 Å². The predicted octanol–water partition coefficient (Wildman–Crippen LogP) is -4.18. The number of carbonyl (C=O) groups excluding carboxylic acids is 9. The molecule has 28 nitrogen and oxygen atoms in total. The molecule has 77 heavy (non-hydrogen) atoms. The lowest BCUT2D eigenvalue weighted by molar-refractivity contribution is -0.296. The monoisotopic (exact) mass is 1110 g/mol. The van der Waals surface area contributed by atoms with Gasteiger partial charge in [0, 0.05) is 63.5 Å². The fourth-order valence-electron chi connectivity index (χ4n) is 9.36. The van der Waals surface area contributed by atoms with E-state index in [1.54, 1.807) is 12.1 Å². The van der Waals surface area contributed by atoms with Crippen LogP contribution in [0.2, 0.25) is 0 Å². The Balaban J connectivity index is 0.881. The zero-order valence-electron chi connectivity index (χ0n) is 42.5. The number of imide groups is 1. The van der Waals surface area contributed by atoms with Crippen molar-refractivity contribution in [2.75, 3.05) is 97.9 Å². The van der Waals surface area contributed by atoms with Gasteiger partial charge in [0.2, 0.25) is 35.4 Å². The molecule has 5 aliphatic heterocycles. The standard InChI is InChI=1S/C48H64N6O22S/c1-25(55)24-77-34-17-37(60)54(45(34)66)8-9-70-28-4-5-31-29(16-28)30(46(67)72-15-13-69-23-36(59)50-19-33-42(63)44(65)40-48(76-33)74-11-7-53(40)27(3)57)20-51(31)21-38(61)71-14-12-68-22-35(58)49-18-32-41(62)43(64)39-47(75-32)73-10-6-52(39)26(2)56/h4-5,16,20,32-34,39-44,47-48,62-65H,6-15,17-19,21-24H2,1-3H3,(H,49,58)(H,50,59)/t32?,33?,34?,39-,40-,41+,42+,43-,44-,47+,48+/m1/s1. The van der Waals surface area contributed by atoms with Gasteiger partial charge >= 0.3 is 11.9 Å². The molecule has 2 aromatic rings. The van der Waals surface area contributed by atoms with Gasteiger partial charge in [-0.3, -0.25) is 43.3 Å². The summed E-state index contributed by atoms with van der Waals surface area (Å²) in [4.78, 5) is 117. The molecule has 6 amide bonds. The molecule has 6 heterocycles. The van der Waals surface area contributed by atoms with Crippen molar-refractivity contribution in [3.63, 3.8) is 0 Å². The summed E-state index contributed by atoms with van der Waals surface area (Å²) >= 11 is 1.10. The lowest BCUT2D eigenvalue weighted by Crippen LogP contribution is -2.68.